The fourth-order valence-electron chi connectivity index (χ4n) is 4.29. The second kappa shape index (κ2) is 9.76. The SMILES string of the molecule is C=C(N)/N=C\C(=C/N)c1ccc2c(c1)nc(-c1ccccc1C(=O)N1CCOCC1)n2C(C)(C)C. The summed E-state index contributed by atoms with van der Waals surface area (Å²) in [6, 6.07) is 13.6. The molecule has 1 amide bonds. The third kappa shape index (κ3) is 4.97. The number of carbonyl (C=O) groups is 1. The number of hydrogen-bond acceptors (Lipinski definition) is 6. The first-order chi connectivity index (χ1) is 16.7. The second-order valence-electron chi connectivity index (χ2n) is 9.47. The number of allylic oxidation sites excluding steroid dienone is 1. The summed E-state index contributed by atoms with van der Waals surface area (Å²) in [5.74, 6) is 0.930. The van der Waals surface area contributed by atoms with E-state index in [9.17, 15) is 4.79 Å². The van der Waals surface area contributed by atoms with E-state index in [1.165, 1.54) is 6.20 Å². The molecule has 4 N–H and O–H groups in total. The summed E-state index contributed by atoms with van der Waals surface area (Å²) in [7, 11) is 0. The number of aromatic nitrogens is 2. The van der Waals surface area contributed by atoms with Gasteiger partial charge in [0.1, 0.15) is 11.6 Å². The molecule has 0 radical (unpaired) electrons. The molecule has 4 rings (SSSR count). The summed E-state index contributed by atoms with van der Waals surface area (Å²) in [5.41, 5.74) is 15.9. The Morgan fingerprint density at radius 1 is 1.17 bits per heavy atom. The molecular weight excluding hydrogens is 440 g/mol. The molecule has 0 saturated carbocycles. The van der Waals surface area contributed by atoms with Gasteiger partial charge < -0.3 is 25.7 Å². The lowest BCUT2D eigenvalue weighted by molar-refractivity contribution is 0.0303. The van der Waals surface area contributed by atoms with Crippen LogP contribution in [0.3, 0.4) is 0 Å². The Hall–Kier alpha value is -3.91. The minimum Gasteiger partial charge on any atom is -0.404 e. The van der Waals surface area contributed by atoms with Crippen molar-refractivity contribution in [2.45, 2.75) is 26.3 Å². The van der Waals surface area contributed by atoms with Crippen LogP contribution in [0.1, 0.15) is 36.7 Å². The number of amides is 1. The van der Waals surface area contributed by atoms with Crippen LogP contribution in [0.2, 0.25) is 0 Å². The molecule has 1 aliphatic rings. The van der Waals surface area contributed by atoms with Gasteiger partial charge in [0.05, 0.1) is 29.8 Å². The van der Waals surface area contributed by atoms with Crippen molar-refractivity contribution in [2.24, 2.45) is 16.5 Å². The maximum Gasteiger partial charge on any atom is 0.254 e. The smallest absolute Gasteiger partial charge is 0.254 e. The number of nitrogens with two attached hydrogens (primary N) is 2. The largest absolute Gasteiger partial charge is 0.404 e. The van der Waals surface area contributed by atoms with Crippen molar-refractivity contribution in [3.05, 3.63) is 72.2 Å². The van der Waals surface area contributed by atoms with E-state index < -0.39 is 0 Å². The first kappa shape index (κ1) is 24.2. The molecule has 0 spiro atoms. The van der Waals surface area contributed by atoms with Gasteiger partial charge in [-0.15, -0.1) is 0 Å². The molecule has 0 unspecified atom stereocenters. The molecule has 8 nitrogen and oxygen atoms in total. The fraction of sp³-hybridized carbons (Fsp3) is 0.296. The zero-order valence-corrected chi connectivity index (χ0v) is 20.5. The van der Waals surface area contributed by atoms with Crippen LogP contribution in [0, 0.1) is 0 Å². The molecule has 1 aromatic heterocycles. The Kier molecular flexibility index (Phi) is 6.75. The number of hydrogen-bond donors (Lipinski definition) is 2. The van der Waals surface area contributed by atoms with E-state index >= 15 is 0 Å². The van der Waals surface area contributed by atoms with Crippen molar-refractivity contribution in [3.63, 3.8) is 0 Å². The molecule has 0 aliphatic carbocycles. The predicted molar refractivity (Wildman–Crippen MR) is 141 cm³/mol. The summed E-state index contributed by atoms with van der Waals surface area (Å²) >= 11 is 0. The maximum absolute atomic E-state index is 13.5. The Bertz CT molecular complexity index is 1320. The maximum atomic E-state index is 13.5. The lowest BCUT2D eigenvalue weighted by atomic mass is 10.0. The normalized spacial score (nSPS) is 15.2. The van der Waals surface area contributed by atoms with Gasteiger partial charge in [-0.2, -0.15) is 0 Å². The van der Waals surface area contributed by atoms with Crippen LogP contribution < -0.4 is 11.5 Å². The van der Waals surface area contributed by atoms with Gasteiger partial charge in [-0.05, 0) is 44.5 Å². The fourth-order valence-corrected chi connectivity index (χ4v) is 4.29. The van der Waals surface area contributed by atoms with Crippen molar-refractivity contribution < 1.29 is 9.53 Å². The summed E-state index contributed by atoms with van der Waals surface area (Å²) < 4.78 is 7.61. The number of rotatable bonds is 5. The molecule has 1 fully saturated rings. The number of benzene rings is 2. The van der Waals surface area contributed by atoms with Gasteiger partial charge in [-0.3, -0.25) is 4.79 Å². The zero-order chi connectivity index (χ0) is 25.2. The molecule has 8 heteroatoms. The first-order valence-corrected chi connectivity index (χ1v) is 11.6. The van der Waals surface area contributed by atoms with Crippen LogP contribution in [0.5, 0.6) is 0 Å². The summed E-state index contributed by atoms with van der Waals surface area (Å²) in [6.45, 7) is 12.2. The van der Waals surface area contributed by atoms with E-state index in [1.54, 1.807) is 6.21 Å². The minimum atomic E-state index is -0.286. The summed E-state index contributed by atoms with van der Waals surface area (Å²) in [4.78, 5) is 24.4. The van der Waals surface area contributed by atoms with E-state index in [2.05, 4.69) is 36.9 Å². The van der Waals surface area contributed by atoms with E-state index in [0.717, 1.165) is 28.0 Å². The quantitative estimate of drug-likeness (QED) is 0.550. The van der Waals surface area contributed by atoms with Crippen LogP contribution in [0.25, 0.3) is 28.0 Å². The highest BCUT2D eigenvalue weighted by Gasteiger charge is 2.27. The van der Waals surface area contributed by atoms with Crippen molar-refractivity contribution >= 4 is 28.7 Å². The molecule has 2 aromatic carbocycles. The highest BCUT2D eigenvalue weighted by atomic mass is 16.5. The number of nitrogens with zero attached hydrogens (tertiary/aromatic N) is 4. The van der Waals surface area contributed by atoms with Gasteiger partial charge in [0.2, 0.25) is 0 Å². The van der Waals surface area contributed by atoms with Gasteiger partial charge in [-0.25, -0.2) is 9.98 Å². The van der Waals surface area contributed by atoms with Crippen molar-refractivity contribution in [3.8, 4) is 11.4 Å². The van der Waals surface area contributed by atoms with E-state index in [4.69, 9.17) is 21.2 Å². The zero-order valence-electron chi connectivity index (χ0n) is 20.5. The van der Waals surface area contributed by atoms with Crippen LogP contribution in [-0.4, -0.2) is 52.9 Å². The Morgan fingerprint density at radius 3 is 2.54 bits per heavy atom. The highest BCUT2D eigenvalue weighted by Crippen LogP contribution is 2.34. The third-order valence-corrected chi connectivity index (χ3v) is 5.90. The lowest BCUT2D eigenvalue weighted by Crippen LogP contribution is -2.41. The van der Waals surface area contributed by atoms with Gasteiger partial charge in [0, 0.05) is 42.2 Å². The standard InChI is InChI=1S/C27H32N6O2/c1-18(29)30-17-20(16-28)19-9-10-24-23(15-19)31-25(33(24)27(2,3)4)21-7-5-6-8-22(21)26(34)32-11-13-35-14-12-32/h5-10,15-17H,1,11-14,28-29H2,2-4H3/b20-16+,30-17-. The van der Waals surface area contributed by atoms with Crippen LogP contribution in [-0.2, 0) is 10.3 Å². The monoisotopic (exact) mass is 472 g/mol. The number of imidazole rings is 1. The van der Waals surface area contributed by atoms with Crippen molar-refractivity contribution in [1.29, 1.82) is 0 Å². The molecular formula is C27H32N6O2. The molecule has 182 valence electrons. The first-order valence-electron chi connectivity index (χ1n) is 11.6. The number of aliphatic imine (C=N–C) groups is 1. The molecule has 2 heterocycles. The third-order valence-electron chi connectivity index (χ3n) is 5.90. The van der Waals surface area contributed by atoms with Crippen molar-refractivity contribution in [2.75, 3.05) is 26.3 Å². The van der Waals surface area contributed by atoms with Crippen LogP contribution in [0.4, 0.5) is 0 Å². The van der Waals surface area contributed by atoms with Gasteiger partial charge >= 0.3 is 0 Å². The Labute approximate surface area is 205 Å². The van der Waals surface area contributed by atoms with Gasteiger partial charge in [-0.1, -0.05) is 30.8 Å². The van der Waals surface area contributed by atoms with Gasteiger partial charge in [0.25, 0.3) is 5.91 Å². The number of fused-ring (bicyclic) bond motifs is 1. The molecule has 35 heavy (non-hydrogen) atoms. The average Bonchev–Trinajstić information content (AvgIpc) is 3.24. The number of carbonyl (C=O) groups excluding carboxylic acids is 1. The number of ether oxygens (including phenoxy) is 1. The van der Waals surface area contributed by atoms with Crippen molar-refractivity contribution in [1.82, 2.24) is 14.5 Å². The van der Waals surface area contributed by atoms with Gasteiger partial charge in [0.15, 0.2) is 0 Å². The van der Waals surface area contributed by atoms with E-state index in [-0.39, 0.29) is 17.3 Å². The highest BCUT2D eigenvalue weighted by molar-refractivity contribution is 6.11. The summed E-state index contributed by atoms with van der Waals surface area (Å²) in [6.07, 6.45) is 3.06. The van der Waals surface area contributed by atoms with Crippen LogP contribution >= 0.6 is 0 Å². The Balaban J connectivity index is 1.87. The van der Waals surface area contributed by atoms with E-state index in [0.29, 0.717) is 37.4 Å². The van der Waals surface area contributed by atoms with Crippen LogP contribution in [0.15, 0.2) is 66.1 Å². The molecule has 0 bridgehead atoms. The molecule has 1 aliphatic heterocycles. The molecule has 3 aromatic rings. The molecule has 1 saturated heterocycles. The number of morpholine rings is 1. The molecule has 0 atom stereocenters. The van der Waals surface area contributed by atoms with E-state index in [1.807, 2.05) is 47.4 Å². The average molecular weight is 473 g/mol. The lowest BCUT2D eigenvalue weighted by Gasteiger charge is -2.28. The topological polar surface area (TPSA) is 112 Å². The Morgan fingerprint density at radius 2 is 1.89 bits per heavy atom. The predicted octanol–water partition coefficient (Wildman–Crippen LogP) is 3.73. The second-order valence-corrected chi connectivity index (χ2v) is 9.47. The summed E-state index contributed by atoms with van der Waals surface area (Å²) in [5, 5.41) is 0. The minimum absolute atomic E-state index is 0.0105.